The number of halogens is 4. The van der Waals surface area contributed by atoms with Crippen molar-refractivity contribution in [3.05, 3.63) is 77.6 Å². The van der Waals surface area contributed by atoms with E-state index in [1.807, 2.05) is 0 Å². The van der Waals surface area contributed by atoms with Gasteiger partial charge in [-0.2, -0.15) is 13.2 Å². The Kier molecular flexibility index (Phi) is 8.90. The molecule has 4 amide bonds. The van der Waals surface area contributed by atoms with E-state index in [2.05, 4.69) is 26.3 Å². The molecule has 0 saturated heterocycles. The molecule has 2 aromatic carbocycles. The van der Waals surface area contributed by atoms with Gasteiger partial charge in [0.25, 0.3) is 5.91 Å². The lowest BCUT2D eigenvalue weighted by atomic mass is 10.1. The van der Waals surface area contributed by atoms with Gasteiger partial charge in [-0.05, 0) is 60.2 Å². The summed E-state index contributed by atoms with van der Waals surface area (Å²) in [6, 6.07) is 11.7. The predicted octanol–water partition coefficient (Wildman–Crippen LogP) is 4.86. The number of alkyl halides is 4. The number of carbonyl (C=O) groups excluding carboxylic acids is 3. The lowest BCUT2D eigenvalue weighted by Crippen LogP contribution is -2.21. The highest BCUT2D eigenvalue weighted by Gasteiger charge is 2.34. The molecule has 0 atom stereocenters. The molecule has 13 heteroatoms. The van der Waals surface area contributed by atoms with E-state index in [0.717, 1.165) is 11.6 Å². The van der Waals surface area contributed by atoms with E-state index in [9.17, 15) is 27.6 Å². The van der Waals surface area contributed by atoms with Crippen LogP contribution < -0.4 is 26.0 Å². The molecular weight excluding hydrogens is 515 g/mol. The Labute approximate surface area is 214 Å². The Hall–Kier alpha value is -4.32. The first-order chi connectivity index (χ1) is 17.6. The smallest absolute Gasteiger partial charge is 0.418 e. The highest BCUT2D eigenvalue weighted by molar-refractivity contribution is 6.29. The third-order valence-corrected chi connectivity index (χ3v) is 5.02. The first-order valence-corrected chi connectivity index (χ1v) is 11.2. The van der Waals surface area contributed by atoms with Gasteiger partial charge >= 0.3 is 12.2 Å². The van der Waals surface area contributed by atoms with Crippen LogP contribution in [0.3, 0.4) is 0 Å². The van der Waals surface area contributed by atoms with E-state index in [1.165, 1.54) is 19.3 Å². The number of aromatic nitrogens is 1. The van der Waals surface area contributed by atoms with Crippen molar-refractivity contribution in [3.63, 3.8) is 0 Å². The number of carbonyl (C=O) groups is 3. The van der Waals surface area contributed by atoms with Crippen LogP contribution in [0, 0.1) is 0 Å². The predicted molar refractivity (Wildman–Crippen MR) is 132 cm³/mol. The maximum Gasteiger partial charge on any atom is 0.418 e. The van der Waals surface area contributed by atoms with Crippen molar-refractivity contribution in [1.82, 2.24) is 10.3 Å². The molecule has 0 aliphatic carbocycles. The standard InChI is InChI=1S/C24H21ClF3N5O4/c1-29-22(35)20-10-14(8-9-30-20)13-37-17-5-2-15(3-6-17)31-23(36)32-16-4-7-19(33-21(34)12-25)18(11-16)24(26,27)28/h2-11H,12-13H2,1H3,(H,29,35)(H,33,34)(H2,31,32,36). The second-order valence-corrected chi connectivity index (χ2v) is 7.73. The van der Waals surface area contributed by atoms with Crippen molar-refractivity contribution >= 4 is 46.5 Å². The van der Waals surface area contributed by atoms with Crippen LogP contribution in [0.2, 0.25) is 0 Å². The Morgan fingerprint density at radius 1 is 0.946 bits per heavy atom. The average molecular weight is 536 g/mol. The molecule has 0 radical (unpaired) electrons. The highest BCUT2D eigenvalue weighted by Crippen LogP contribution is 2.36. The maximum atomic E-state index is 13.4. The van der Waals surface area contributed by atoms with Gasteiger partial charge in [0.05, 0.1) is 11.3 Å². The second kappa shape index (κ2) is 12.1. The molecule has 0 bridgehead atoms. The molecule has 1 aromatic heterocycles. The largest absolute Gasteiger partial charge is 0.489 e. The van der Waals surface area contributed by atoms with E-state index in [4.69, 9.17) is 16.3 Å². The monoisotopic (exact) mass is 535 g/mol. The summed E-state index contributed by atoms with van der Waals surface area (Å²) in [5.41, 5.74) is -0.411. The maximum absolute atomic E-state index is 13.4. The molecule has 0 fully saturated rings. The number of pyridine rings is 1. The number of urea groups is 1. The van der Waals surface area contributed by atoms with Crippen molar-refractivity contribution in [2.24, 2.45) is 0 Å². The van der Waals surface area contributed by atoms with Gasteiger partial charge in [-0.1, -0.05) is 0 Å². The van der Waals surface area contributed by atoms with E-state index in [0.29, 0.717) is 17.5 Å². The van der Waals surface area contributed by atoms with Gasteiger partial charge in [0.15, 0.2) is 0 Å². The fourth-order valence-electron chi connectivity index (χ4n) is 3.06. The summed E-state index contributed by atoms with van der Waals surface area (Å²) in [4.78, 5) is 39.4. The van der Waals surface area contributed by atoms with Gasteiger partial charge in [-0.25, -0.2) is 4.79 Å². The normalized spacial score (nSPS) is 10.8. The van der Waals surface area contributed by atoms with E-state index in [1.54, 1.807) is 36.4 Å². The highest BCUT2D eigenvalue weighted by atomic mass is 35.5. The third-order valence-electron chi connectivity index (χ3n) is 4.78. The molecule has 0 aliphatic heterocycles. The average Bonchev–Trinajstić information content (AvgIpc) is 2.88. The zero-order valence-electron chi connectivity index (χ0n) is 19.3. The molecule has 194 valence electrons. The van der Waals surface area contributed by atoms with Crippen molar-refractivity contribution < 1.29 is 32.3 Å². The van der Waals surface area contributed by atoms with Gasteiger partial charge in [-0.15, -0.1) is 11.6 Å². The minimum absolute atomic E-state index is 0.137. The summed E-state index contributed by atoms with van der Waals surface area (Å²) in [6.45, 7) is 0.169. The van der Waals surface area contributed by atoms with Crippen LogP contribution in [-0.2, 0) is 17.6 Å². The fraction of sp³-hybridized carbons (Fsp3) is 0.167. The van der Waals surface area contributed by atoms with Gasteiger partial charge in [0.2, 0.25) is 5.91 Å². The van der Waals surface area contributed by atoms with E-state index >= 15 is 0 Å². The first-order valence-electron chi connectivity index (χ1n) is 10.6. The quantitative estimate of drug-likeness (QED) is 0.307. The third kappa shape index (κ3) is 7.84. The van der Waals surface area contributed by atoms with Crippen molar-refractivity contribution in [1.29, 1.82) is 0 Å². The number of nitrogens with one attached hydrogen (secondary N) is 4. The molecule has 9 nitrogen and oxygen atoms in total. The summed E-state index contributed by atoms with van der Waals surface area (Å²) in [5.74, 6) is -1.15. The van der Waals surface area contributed by atoms with E-state index in [-0.39, 0.29) is 23.9 Å². The number of benzene rings is 2. The van der Waals surface area contributed by atoms with Crippen molar-refractivity contribution in [3.8, 4) is 5.75 Å². The summed E-state index contributed by atoms with van der Waals surface area (Å²) in [6.07, 6.45) is -3.28. The second-order valence-electron chi connectivity index (χ2n) is 7.46. The molecule has 0 aliphatic rings. The van der Waals surface area contributed by atoms with E-state index < -0.39 is 35.2 Å². The minimum atomic E-state index is -4.78. The number of amides is 4. The van der Waals surface area contributed by atoms with Crippen LogP contribution in [0.4, 0.5) is 35.0 Å². The van der Waals surface area contributed by atoms with Crippen LogP contribution in [0.15, 0.2) is 60.8 Å². The summed E-state index contributed by atoms with van der Waals surface area (Å²) < 4.78 is 45.9. The molecule has 3 aromatic rings. The van der Waals surface area contributed by atoms with Gasteiger partial charge in [0, 0.05) is 24.6 Å². The van der Waals surface area contributed by atoms with Crippen LogP contribution in [-0.4, -0.2) is 35.8 Å². The van der Waals surface area contributed by atoms with Crippen LogP contribution in [0.5, 0.6) is 5.75 Å². The molecule has 3 rings (SSSR count). The molecule has 37 heavy (non-hydrogen) atoms. The molecule has 0 unspecified atom stereocenters. The Morgan fingerprint density at radius 2 is 1.62 bits per heavy atom. The SMILES string of the molecule is CNC(=O)c1cc(COc2ccc(NC(=O)Nc3ccc(NC(=O)CCl)c(C(F)(F)F)c3)cc2)ccn1. The molecular formula is C24H21ClF3N5O4. The number of anilines is 3. The number of nitrogens with zero attached hydrogens (tertiary/aromatic N) is 1. The summed E-state index contributed by atoms with van der Waals surface area (Å²) in [5, 5.41) is 9.38. The zero-order chi connectivity index (χ0) is 27.0. The number of hydrogen-bond donors (Lipinski definition) is 4. The summed E-state index contributed by atoms with van der Waals surface area (Å²) in [7, 11) is 1.50. The minimum Gasteiger partial charge on any atom is -0.489 e. The molecule has 4 N–H and O–H groups in total. The first kappa shape index (κ1) is 27.3. The van der Waals surface area contributed by atoms with Crippen molar-refractivity contribution in [2.75, 3.05) is 28.9 Å². The van der Waals surface area contributed by atoms with Crippen LogP contribution in [0.25, 0.3) is 0 Å². The summed E-state index contributed by atoms with van der Waals surface area (Å²) >= 11 is 5.34. The fourth-order valence-corrected chi connectivity index (χ4v) is 3.13. The van der Waals surface area contributed by atoms with Crippen molar-refractivity contribution in [2.45, 2.75) is 12.8 Å². The molecule has 1 heterocycles. The number of rotatable bonds is 8. The zero-order valence-corrected chi connectivity index (χ0v) is 20.0. The topological polar surface area (TPSA) is 121 Å². The Balaban J connectivity index is 1.60. The Bertz CT molecular complexity index is 1290. The number of hydrogen-bond acceptors (Lipinski definition) is 5. The Morgan fingerprint density at radius 3 is 2.27 bits per heavy atom. The molecule has 0 spiro atoms. The molecule has 0 saturated carbocycles. The van der Waals surface area contributed by atoms with Crippen LogP contribution in [0.1, 0.15) is 21.6 Å². The van der Waals surface area contributed by atoms with Gasteiger partial charge < -0.3 is 26.0 Å². The van der Waals surface area contributed by atoms with Gasteiger partial charge in [-0.3, -0.25) is 14.6 Å². The lowest BCUT2D eigenvalue weighted by molar-refractivity contribution is -0.136. The lowest BCUT2D eigenvalue weighted by Gasteiger charge is -2.15. The van der Waals surface area contributed by atoms with Gasteiger partial charge in [0.1, 0.15) is 23.9 Å². The van der Waals surface area contributed by atoms with Crippen LogP contribution >= 0.6 is 11.6 Å². The number of ether oxygens (including phenoxy) is 1.